The summed E-state index contributed by atoms with van der Waals surface area (Å²) in [6, 6.07) is 4.50. The van der Waals surface area contributed by atoms with Gasteiger partial charge in [-0.15, -0.1) is 0 Å². The zero-order valence-corrected chi connectivity index (χ0v) is 15.2. The van der Waals surface area contributed by atoms with Crippen molar-refractivity contribution in [3.05, 3.63) is 34.9 Å². The molecule has 0 saturated heterocycles. The molecule has 0 spiro atoms. The van der Waals surface area contributed by atoms with Crippen LogP contribution in [0.5, 0.6) is 0 Å². The third kappa shape index (κ3) is 2.61. The number of hydrogen-bond acceptors (Lipinski definition) is 2. The van der Waals surface area contributed by atoms with Gasteiger partial charge in [0.15, 0.2) is 0 Å². The highest BCUT2D eigenvalue weighted by Crippen LogP contribution is 2.67. The van der Waals surface area contributed by atoms with Crippen molar-refractivity contribution in [3.63, 3.8) is 0 Å². The van der Waals surface area contributed by atoms with Crippen molar-refractivity contribution in [3.8, 4) is 11.8 Å². The van der Waals surface area contributed by atoms with Crippen LogP contribution in [0.25, 0.3) is 0 Å². The average molecular weight is 352 g/mol. The van der Waals surface area contributed by atoms with E-state index in [0.29, 0.717) is 16.9 Å². The van der Waals surface area contributed by atoms with Crippen LogP contribution in [0.1, 0.15) is 72.2 Å². The van der Waals surface area contributed by atoms with E-state index in [-0.39, 0.29) is 22.5 Å². The Kier molecular flexibility index (Phi) is 3.70. The predicted molar refractivity (Wildman–Crippen MR) is 97.0 cm³/mol. The minimum Gasteiger partial charge on any atom is -0.478 e. The SMILES string of the molecule is CC12CC3CC(C1)C(C#Cc1cccc(C(=O)O)c1C(=O)O)C(C)(C3)C2. The number of aromatic carboxylic acids is 2. The molecule has 0 heterocycles. The lowest BCUT2D eigenvalue weighted by atomic mass is 9.41. The first kappa shape index (κ1) is 17.1. The van der Waals surface area contributed by atoms with E-state index in [9.17, 15) is 19.8 Å². The van der Waals surface area contributed by atoms with Crippen LogP contribution in [-0.4, -0.2) is 22.2 Å². The van der Waals surface area contributed by atoms with Gasteiger partial charge in [0.1, 0.15) is 0 Å². The zero-order valence-electron chi connectivity index (χ0n) is 15.2. The third-order valence-electron chi connectivity index (χ3n) is 6.85. The Morgan fingerprint density at radius 2 is 1.88 bits per heavy atom. The van der Waals surface area contributed by atoms with E-state index in [2.05, 4.69) is 25.7 Å². The molecule has 4 bridgehead atoms. The van der Waals surface area contributed by atoms with Crippen molar-refractivity contribution in [2.45, 2.75) is 46.0 Å². The second kappa shape index (κ2) is 5.61. The van der Waals surface area contributed by atoms with Crippen molar-refractivity contribution < 1.29 is 19.8 Å². The maximum Gasteiger partial charge on any atom is 0.337 e. The van der Waals surface area contributed by atoms with Gasteiger partial charge < -0.3 is 10.2 Å². The highest BCUT2D eigenvalue weighted by atomic mass is 16.4. The molecule has 26 heavy (non-hydrogen) atoms. The second-order valence-electron chi connectivity index (χ2n) is 9.20. The number of carboxylic acids is 2. The normalized spacial score (nSPS) is 37.1. The van der Waals surface area contributed by atoms with Gasteiger partial charge in [-0.3, -0.25) is 0 Å². The fourth-order valence-electron chi connectivity index (χ4n) is 6.59. The Labute approximate surface area is 153 Å². The van der Waals surface area contributed by atoms with E-state index in [1.165, 1.54) is 38.2 Å². The largest absolute Gasteiger partial charge is 0.478 e. The molecule has 4 nitrogen and oxygen atoms in total. The summed E-state index contributed by atoms with van der Waals surface area (Å²) in [6.07, 6.45) is 6.17. The van der Waals surface area contributed by atoms with Crippen molar-refractivity contribution in [2.75, 3.05) is 0 Å². The Morgan fingerprint density at radius 1 is 1.12 bits per heavy atom. The number of benzene rings is 1. The Morgan fingerprint density at radius 3 is 2.50 bits per heavy atom. The summed E-state index contributed by atoms with van der Waals surface area (Å²) in [5.41, 5.74) is 0.538. The fraction of sp³-hybridized carbons (Fsp3) is 0.545. The zero-order chi connectivity index (χ0) is 18.7. The molecular formula is C22H24O4. The molecule has 1 aromatic carbocycles. The molecule has 0 aromatic heterocycles. The Balaban J connectivity index is 1.72. The molecule has 4 aliphatic carbocycles. The van der Waals surface area contributed by atoms with Gasteiger partial charge in [0, 0.05) is 11.5 Å². The highest BCUT2D eigenvalue weighted by Gasteiger charge is 2.58. The highest BCUT2D eigenvalue weighted by molar-refractivity contribution is 6.03. The molecule has 1 aromatic rings. The molecule has 0 radical (unpaired) electrons. The number of hydrogen-bond donors (Lipinski definition) is 2. The van der Waals surface area contributed by atoms with Crippen LogP contribution in [0.15, 0.2) is 18.2 Å². The Bertz CT molecular complexity index is 861. The van der Waals surface area contributed by atoms with Gasteiger partial charge in [0.05, 0.1) is 11.1 Å². The summed E-state index contributed by atoms with van der Waals surface area (Å²) in [5, 5.41) is 18.8. The molecular weight excluding hydrogens is 328 g/mol. The van der Waals surface area contributed by atoms with E-state index in [0.717, 1.165) is 5.92 Å². The first-order valence-electron chi connectivity index (χ1n) is 9.32. The van der Waals surface area contributed by atoms with Crippen LogP contribution < -0.4 is 0 Å². The van der Waals surface area contributed by atoms with Gasteiger partial charge in [-0.1, -0.05) is 31.8 Å². The summed E-state index contributed by atoms with van der Waals surface area (Å²) in [7, 11) is 0. The summed E-state index contributed by atoms with van der Waals surface area (Å²) >= 11 is 0. The molecule has 4 aliphatic rings. The van der Waals surface area contributed by atoms with Crippen LogP contribution >= 0.6 is 0 Å². The van der Waals surface area contributed by atoms with Gasteiger partial charge in [-0.2, -0.15) is 0 Å². The number of carboxylic acid groups (broad SMARTS) is 2. The number of carbonyl (C=O) groups is 2. The van der Waals surface area contributed by atoms with E-state index in [4.69, 9.17) is 0 Å². The predicted octanol–water partition coefficient (Wildman–Crippen LogP) is 4.29. The lowest BCUT2D eigenvalue weighted by Gasteiger charge is -2.63. The topological polar surface area (TPSA) is 74.6 Å². The van der Waals surface area contributed by atoms with E-state index in [1.54, 1.807) is 12.1 Å². The smallest absolute Gasteiger partial charge is 0.337 e. The third-order valence-corrected chi connectivity index (χ3v) is 6.85. The van der Waals surface area contributed by atoms with Crippen molar-refractivity contribution in [2.24, 2.45) is 28.6 Å². The summed E-state index contributed by atoms with van der Waals surface area (Å²) in [4.78, 5) is 23.0. The minimum absolute atomic E-state index is 0.194. The summed E-state index contributed by atoms with van der Waals surface area (Å²) in [5.74, 6) is 5.63. The lowest BCUT2D eigenvalue weighted by Crippen LogP contribution is -2.54. The lowest BCUT2D eigenvalue weighted by molar-refractivity contribution is -0.120. The average Bonchev–Trinajstić information content (AvgIpc) is 2.51. The molecule has 5 unspecified atom stereocenters. The van der Waals surface area contributed by atoms with E-state index in [1.807, 2.05) is 0 Å². The van der Waals surface area contributed by atoms with E-state index >= 15 is 0 Å². The van der Waals surface area contributed by atoms with Gasteiger partial charge >= 0.3 is 11.9 Å². The Hall–Kier alpha value is -2.28. The second-order valence-corrected chi connectivity index (χ2v) is 9.20. The van der Waals surface area contributed by atoms with Crippen LogP contribution in [0.4, 0.5) is 0 Å². The minimum atomic E-state index is -1.24. The summed E-state index contributed by atoms with van der Waals surface area (Å²) < 4.78 is 0. The quantitative estimate of drug-likeness (QED) is 0.779. The molecule has 4 heteroatoms. The fourth-order valence-corrected chi connectivity index (χ4v) is 6.59. The van der Waals surface area contributed by atoms with Crippen LogP contribution in [-0.2, 0) is 0 Å². The monoisotopic (exact) mass is 352 g/mol. The molecule has 4 fully saturated rings. The summed E-state index contributed by atoms with van der Waals surface area (Å²) in [6.45, 7) is 4.75. The van der Waals surface area contributed by atoms with Gasteiger partial charge in [0.25, 0.3) is 0 Å². The van der Waals surface area contributed by atoms with Crippen LogP contribution in [0.2, 0.25) is 0 Å². The molecule has 5 rings (SSSR count). The van der Waals surface area contributed by atoms with Crippen LogP contribution in [0.3, 0.4) is 0 Å². The first-order valence-corrected chi connectivity index (χ1v) is 9.32. The maximum absolute atomic E-state index is 11.6. The van der Waals surface area contributed by atoms with Crippen molar-refractivity contribution in [1.82, 2.24) is 0 Å². The van der Waals surface area contributed by atoms with E-state index < -0.39 is 11.9 Å². The van der Waals surface area contributed by atoms with Crippen LogP contribution in [0, 0.1) is 40.4 Å². The first-order chi connectivity index (χ1) is 12.2. The standard InChI is InChI=1S/C22H24O4/c1-21-9-13-8-15(11-21)17(22(2,10-13)12-21)7-6-14-4-3-5-16(19(23)24)18(14)20(25)26/h3-5,13,15,17H,8-12H2,1-2H3,(H,23,24)(H,25,26). The number of rotatable bonds is 2. The molecule has 136 valence electrons. The van der Waals surface area contributed by atoms with Gasteiger partial charge in [-0.25, -0.2) is 9.59 Å². The maximum atomic E-state index is 11.6. The molecule has 0 amide bonds. The van der Waals surface area contributed by atoms with Crippen molar-refractivity contribution >= 4 is 11.9 Å². The van der Waals surface area contributed by atoms with Gasteiger partial charge in [0.2, 0.25) is 0 Å². The molecule has 4 saturated carbocycles. The molecule has 0 aliphatic heterocycles. The molecule has 2 N–H and O–H groups in total. The van der Waals surface area contributed by atoms with Gasteiger partial charge in [-0.05, 0) is 66.9 Å². The molecule has 5 atom stereocenters. The van der Waals surface area contributed by atoms with Crippen molar-refractivity contribution in [1.29, 1.82) is 0 Å².